The number of nitrogens with two attached hydrogens (primary N) is 1. The Bertz CT molecular complexity index is 1100. The second-order valence-corrected chi connectivity index (χ2v) is 7.52. The third-order valence-electron chi connectivity index (χ3n) is 3.44. The van der Waals surface area contributed by atoms with Crippen LogP contribution >= 0.6 is 23.5 Å². The molecule has 1 aromatic carbocycles. The molecule has 30 heavy (non-hydrogen) atoms. The number of anilines is 2. The summed E-state index contributed by atoms with van der Waals surface area (Å²) in [5, 5.41) is 11.0. The molecule has 0 fully saturated rings. The number of H-pyrrole nitrogens is 1. The van der Waals surface area contributed by atoms with Gasteiger partial charge in [-0.1, -0.05) is 23.5 Å². The van der Waals surface area contributed by atoms with Crippen LogP contribution in [0.2, 0.25) is 0 Å². The van der Waals surface area contributed by atoms with Crippen LogP contribution in [0.15, 0.2) is 49.9 Å². The summed E-state index contributed by atoms with van der Waals surface area (Å²) in [7, 11) is 1.30. The zero-order chi connectivity index (χ0) is 21.5. The Morgan fingerprint density at radius 2 is 2.00 bits per heavy atom. The molecule has 0 saturated heterocycles. The van der Waals surface area contributed by atoms with Crippen molar-refractivity contribution in [2.45, 2.75) is 16.1 Å². The van der Waals surface area contributed by atoms with Crippen molar-refractivity contribution in [2.24, 2.45) is 0 Å². The van der Waals surface area contributed by atoms with Crippen molar-refractivity contribution in [3.63, 3.8) is 0 Å². The van der Waals surface area contributed by atoms with E-state index in [2.05, 4.69) is 30.2 Å². The Balaban J connectivity index is 1.47. The Kier molecular flexibility index (Phi) is 7.08. The van der Waals surface area contributed by atoms with Crippen molar-refractivity contribution in [3.05, 3.63) is 52.1 Å². The summed E-state index contributed by atoms with van der Waals surface area (Å²) >= 11 is 2.26. The first-order chi connectivity index (χ1) is 14.4. The van der Waals surface area contributed by atoms with Gasteiger partial charge < -0.3 is 25.2 Å². The third-order valence-corrected chi connectivity index (χ3v) is 5.11. The minimum Gasteiger partial charge on any atom is -0.465 e. The molecule has 3 rings (SSSR count). The highest BCUT2D eigenvalue weighted by atomic mass is 32.2. The van der Waals surface area contributed by atoms with Gasteiger partial charge in [0.15, 0.2) is 5.16 Å². The molecule has 0 spiro atoms. The predicted octanol–water partition coefficient (Wildman–Crippen LogP) is 1.54. The molecule has 0 unspecified atom stereocenters. The standard InChI is InChI=1S/C17H16N6O5S2/c1-27-15(26)9-2-4-10(5-3-9)19-13(25)7-30-17-23-22-14(28-17)8-29-16-20-11(18)6-12(24)21-16/h2-6H,7-8H2,1H3,(H,19,25)(H3,18,20,21,24). The summed E-state index contributed by atoms with van der Waals surface area (Å²) in [4.78, 5) is 41.4. The number of methoxy groups -OCH3 is 1. The molecule has 1 amide bonds. The molecule has 2 heterocycles. The number of hydrogen-bond acceptors (Lipinski definition) is 11. The Hall–Kier alpha value is -3.32. The third kappa shape index (κ3) is 6.09. The number of aromatic amines is 1. The monoisotopic (exact) mass is 448 g/mol. The molecule has 0 saturated carbocycles. The number of rotatable bonds is 8. The van der Waals surface area contributed by atoms with Gasteiger partial charge >= 0.3 is 5.97 Å². The van der Waals surface area contributed by atoms with E-state index in [-0.39, 0.29) is 34.0 Å². The molecule has 0 aliphatic rings. The lowest BCUT2D eigenvalue weighted by Crippen LogP contribution is -2.14. The van der Waals surface area contributed by atoms with Gasteiger partial charge in [-0.3, -0.25) is 9.59 Å². The van der Waals surface area contributed by atoms with Crippen LogP contribution in [0.5, 0.6) is 0 Å². The maximum Gasteiger partial charge on any atom is 0.337 e. The lowest BCUT2D eigenvalue weighted by molar-refractivity contribution is -0.113. The zero-order valence-corrected chi connectivity index (χ0v) is 17.2. The minimum atomic E-state index is -0.452. The lowest BCUT2D eigenvalue weighted by atomic mass is 10.2. The fourth-order valence-corrected chi connectivity index (χ4v) is 3.44. The second kappa shape index (κ2) is 9.93. The highest BCUT2D eigenvalue weighted by Crippen LogP contribution is 2.22. The number of ether oxygens (including phenoxy) is 1. The number of nitrogens with one attached hydrogen (secondary N) is 2. The summed E-state index contributed by atoms with van der Waals surface area (Å²) in [5.41, 5.74) is 6.10. The Labute approximate surface area is 178 Å². The van der Waals surface area contributed by atoms with E-state index >= 15 is 0 Å². The minimum absolute atomic E-state index is 0.0532. The van der Waals surface area contributed by atoms with Crippen molar-refractivity contribution < 1.29 is 18.7 Å². The van der Waals surface area contributed by atoms with Gasteiger partial charge in [0.05, 0.1) is 24.2 Å². The van der Waals surface area contributed by atoms with Crippen molar-refractivity contribution in [2.75, 3.05) is 23.9 Å². The normalized spacial score (nSPS) is 10.6. The van der Waals surface area contributed by atoms with Crippen molar-refractivity contribution in [1.82, 2.24) is 20.2 Å². The molecule has 3 aromatic rings. The van der Waals surface area contributed by atoms with Gasteiger partial charge in [-0.05, 0) is 24.3 Å². The molecule has 156 valence electrons. The second-order valence-electron chi connectivity index (χ2n) is 5.63. The van der Waals surface area contributed by atoms with Crippen LogP contribution in [0.1, 0.15) is 16.2 Å². The SMILES string of the molecule is COC(=O)c1ccc(NC(=O)CSc2nnc(CSc3nc(N)cc(=O)[nH]3)o2)cc1. The van der Waals surface area contributed by atoms with Crippen molar-refractivity contribution in [1.29, 1.82) is 0 Å². The van der Waals surface area contributed by atoms with E-state index in [0.717, 1.165) is 11.8 Å². The van der Waals surface area contributed by atoms with Crippen LogP contribution < -0.4 is 16.6 Å². The van der Waals surface area contributed by atoms with Crippen LogP contribution in [-0.2, 0) is 15.3 Å². The first-order valence-electron chi connectivity index (χ1n) is 8.36. The maximum absolute atomic E-state index is 12.1. The van der Waals surface area contributed by atoms with Gasteiger partial charge in [-0.2, -0.15) is 0 Å². The Morgan fingerprint density at radius 3 is 2.70 bits per heavy atom. The van der Waals surface area contributed by atoms with Crippen molar-refractivity contribution in [3.8, 4) is 0 Å². The number of nitrogen functional groups attached to an aromatic ring is 1. The first kappa shape index (κ1) is 21.4. The molecule has 4 N–H and O–H groups in total. The van der Waals surface area contributed by atoms with Gasteiger partial charge in [0.2, 0.25) is 11.8 Å². The average Bonchev–Trinajstić information content (AvgIpc) is 3.18. The number of carbonyl (C=O) groups is 2. The summed E-state index contributed by atoms with van der Waals surface area (Å²) in [6.07, 6.45) is 0. The van der Waals surface area contributed by atoms with E-state index in [1.807, 2.05) is 0 Å². The predicted molar refractivity (Wildman–Crippen MR) is 110 cm³/mol. The molecule has 0 bridgehead atoms. The van der Waals surface area contributed by atoms with Crippen LogP contribution in [0.25, 0.3) is 0 Å². The number of amides is 1. The molecule has 0 aliphatic carbocycles. The molecular formula is C17H16N6O5S2. The summed E-state index contributed by atoms with van der Waals surface area (Å²) in [6, 6.07) is 7.50. The fraction of sp³-hybridized carbons (Fsp3) is 0.176. The summed E-state index contributed by atoms with van der Waals surface area (Å²) in [5.74, 6) is 0.0320. The van der Waals surface area contributed by atoms with E-state index in [4.69, 9.17) is 10.2 Å². The van der Waals surface area contributed by atoms with Crippen LogP contribution in [0, 0.1) is 0 Å². The highest BCUT2D eigenvalue weighted by Gasteiger charge is 2.12. The van der Waals surface area contributed by atoms with Gasteiger partial charge in [-0.25, -0.2) is 9.78 Å². The number of aromatic nitrogens is 4. The van der Waals surface area contributed by atoms with E-state index < -0.39 is 5.97 Å². The smallest absolute Gasteiger partial charge is 0.337 e. The van der Waals surface area contributed by atoms with Crippen molar-refractivity contribution >= 4 is 46.9 Å². The largest absolute Gasteiger partial charge is 0.465 e. The molecule has 13 heteroatoms. The van der Waals surface area contributed by atoms with Crippen LogP contribution in [0.4, 0.5) is 11.5 Å². The first-order valence-corrected chi connectivity index (χ1v) is 10.3. The summed E-state index contributed by atoms with van der Waals surface area (Å²) in [6.45, 7) is 0. The van der Waals surface area contributed by atoms with Crippen LogP contribution in [-0.4, -0.2) is 44.9 Å². The molecule has 0 radical (unpaired) electrons. The fourth-order valence-electron chi connectivity index (χ4n) is 2.14. The number of nitrogens with zero attached hydrogens (tertiary/aromatic N) is 3. The molecular weight excluding hydrogens is 432 g/mol. The quantitative estimate of drug-likeness (QED) is 0.260. The molecule has 0 atom stereocenters. The van der Waals surface area contributed by atoms with E-state index in [9.17, 15) is 14.4 Å². The Morgan fingerprint density at radius 1 is 1.23 bits per heavy atom. The topological polar surface area (TPSA) is 166 Å². The zero-order valence-electron chi connectivity index (χ0n) is 15.6. The number of esters is 1. The number of hydrogen-bond donors (Lipinski definition) is 3. The molecule has 0 aliphatic heterocycles. The number of benzene rings is 1. The maximum atomic E-state index is 12.1. The van der Waals surface area contributed by atoms with Gasteiger partial charge in [0.1, 0.15) is 5.82 Å². The van der Waals surface area contributed by atoms with E-state index in [0.29, 0.717) is 22.3 Å². The summed E-state index contributed by atoms with van der Waals surface area (Å²) < 4.78 is 10.1. The highest BCUT2D eigenvalue weighted by molar-refractivity contribution is 7.99. The van der Waals surface area contributed by atoms with Gasteiger partial charge in [0, 0.05) is 11.8 Å². The van der Waals surface area contributed by atoms with E-state index in [1.165, 1.54) is 24.9 Å². The lowest BCUT2D eigenvalue weighted by Gasteiger charge is -2.05. The molecule has 11 nitrogen and oxygen atoms in total. The van der Waals surface area contributed by atoms with Gasteiger partial charge in [0.25, 0.3) is 10.8 Å². The van der Waals surface area contributed by atoms with Gasteiger partial charge in [-0.15, -0.1) is 10.2 Å². The molecule has 2 aromatic heterocycles. The van der Waals surface area contributed by atoms with E-state index in [1.54, 1.807) is 24.3 Å². The average molecular weight is 448 g/mol. The van der Waals surface area contributed by atoms with Crippen LogP contribution in [0.3, 0.4) is 0 Å². The number of thioether (sulfide) groups is 2. The number of carbonyl (C=O) groups excluding carboxylic acids is 2.